The van der Waals surface area contributed by atoms with Gasteiger partial charge in [0.2, 0.25) is 5.56 Å². The van der Waals surface area contributed by atoms with Crippen LogP contribution in [0.25, 0.3) is 0 Å². The lowest BCUT2D eigenvalue weighted by atomic mass is 10.1. The van der Waals surface area contributed by atoms with Crippen LogP contribution in [0.3, 0.4) is 0 Å². The molecule has 5 heteroatoms. The molecule has 0 fully saturated rings. The van der Waals surface area contributed by atoms with Gasteiger partial charge in [0.1, 0.15) is 5.69 Å². The summed E-state index contributed by atoms with van der Waals surface area (Å²) in [6.45, 7) is 3.43. The summed E-state index contributed by atoms with van der Waals surface area (Å²) in [7, 11) is 1.58. The van der Waals surface area contributed by atoms with E-state index in [9.17, 15) is 14.7 Å². The molecule has 0 saturated heterocycles. The van der Waals surface area contributed by atoms with Crippen LogP contribution in [0.4, 0.5) is 0 Å². The first-order valence-corrected chi connectivity index (χ1v) is 4.97. The van der Waals surface area contributed by atoms with Crippen molar-refractivity contribution in [3.8, 4) is 0 Å². The average molecular weight is 224 g/mol. The molecule has 1 aromatic rings. The maximum Gasteiger partial charge on any atom is 0.270 e. The molecular weight excluding hydrogens is 208 g/mol. The van der Waals surface area contributed by atoms with Crippen LogP contribution in [-0.2, 0) is 0 Å². The predicted molar refractivity (Wildman–Crippen MR) is 60.3 cm³/mol. The van der Waals surface area contributed by atoms with Gasteiger partial charge < -0.3 is 15.0 Å². The van der Waals surface area contributed by atoms with E-state index in [1.165, 1.54) is 23.1 Å². The molecule has 0 radical (unpaired) electrons. The van der Waals surface area contributed by atoms with Gasteiger partial charge in [0.05, 0.1) is 5.60 Å². The van der Waals surface area contributed by atoms with E-state index in [0.29, 0.717) is 0 Å². The van der Waals surface area contributed by atoms with Crippen molar-refractivity contribution in [1.82, 2.24) is 9.88 Å². The van der Waals surface area contributed by atoms with Crippen LogP contribution >= 0.6 is 0 Å². The second-order valence-corrected chi connectivity index (χ2v) is 4.40. The van der Waals surface area contributed by atoms with E-state index in [4.69, 9.17) is 0 Å². The van der Waals surface area contributed by atoms with E-state index in [-0.39, 0.29) is 23.7 Å². The van der Waals surface area contributed by atoms with Crippen molar-refractivity contribution in [2.75, 3.05) is 13.6 Å². The van der Waals surface area contributed by atoms with E-state index in [1.807, 2.05) is 0 Å². The first kappa shape index (κ1) is 12.4. The van der Waals surface area contributed by atoms with Gasteiger partial charge in [0.25, 0.3) is 5.91 Å². The molecule has 1 rings (SSSR count). The molecule has 88 valence electrons. The summed E-state index contributed by atoms with van der Waals surface area (Å²) in [6, 6.07) is 4.39. The lowest BCUT2D eigenvalue weighted by molar-refractivity contribution is 0.0364. The maximum absolute atomic E-state index is 11.8. The molecule has 0 spiro atoms. The number of carbonyl (C=O) groups is 1. The molecular formula is C11H16N2O3. The minimum Gasteiger partial charge on any atom is -0.389 e. The number of nitrogens with zero attached hydrogens (tertiary/aromatic N) is 1. The van der Waals surface area contributed by atoms with Crippen molar-refractivity contribution in [1.29, 1.82) is 0 Å². The van der Waals surface area contributed by atoms with Gasteiger partial charge in [-0.2, -0.15) is 0 Å². The van der Waals surface area contributed by atoms with Crippen LogP contribution in [0.15, 0.2) is 23.0 Å². The van der Waals surface area contributed by atoms with Crippen LogP contribution in [-0.4, -0.2) is 40.1 Å². The Morgan fingerprint density at radius 2 is 2.12 bits per heavy atom. The number of H-pyrrole nitrogens is 1. The van der Waals surface area contributed by atoms with Crippen molar-refractivity contribution in [2.45, 2.75) is 19.4 Å². The van der Waals surface area contributed by atoms with E-state index in [0.717, 1.165) is 0 Å². The number of hydrogen-bond acceptors (Lipinski definition) is 3. The molecule has 0 aliphatic carbocycles. The molecule has 0 aromatic carbocycles. The molecule has 0 atom stereocenters. The van der Waals surface area contributed by atoms with Gasteiger partial charge in [-0.05, 0) is 19.9 Å². The Labute approximate surface area is 93.7 Å². The number of pyridine rings is 1. The standard InChI is InChI=1S/C11H16N2O3/c1-11(2,16)7-13(3)10(15)8-5-4-6-9(14)12-8/h4-6,16H,7H2,1-3H3,(H,12,14). The fourth-order valence-corrected chi connectivity index (χ4v) is 1.43. The van der Waals surface area contributed by atoms with Crippen molar-refractivity contribution < 1.29 is 9.90 Å². The minimum absolute atomic E-state index is 0.197. The molecule has 0 aliphatic rings. The first-order valence-electron chi connectivity index (χ1n) is 4.97. The zero-order chi connectivity index (χ0) is 12.3. The monoisotopic (exact) mass is 224 g/mol. The summed E-state index contributed by atoms with van der Waals surface area (Å²) in [4.78, 5) is 26.7. The predicted octanol–water partition coefficient (Wildman–Crippen LogP) is 0.218. The van der Waals surface area contributed by atoms with Gasteiger partial charge in [-0.3, -0.25) is 9.59 Å². The number of carbonyl (C=O) groups excluding carboxylic acids is 1. The summed E-state index contributed by atoms with van der Waals surface area (Å²) in [5.74, 6) is -0.320. The third-order valence-corrected chi connectivity index (χ3v) is 1.97. The smallest absolute Gasteiger partial charge is 0.270 e. The van der Waals surface area contributed by atoms with Crippen molar-refractivity contribution in [2.24, 2.45) is 0 Å². The molecule has 1 amide bonds. The van der Waals surface area contributed by atoms with Crippen LogP contribution in [0.2, 0.25) is 0 Å². The number of amides is 1. The fraction of sp³-hybridized carbons (Fsp3) is 0.455. The van der Waals surface area contributed by atoms with Crippen molar-refractivity contribution >= 4 is 5.91 Å². The van der Waals surface area contributed by atoms with E-state index in [1.54, 1.807) is 20.9 Å². The Morgan fingerprint density at radius 3 is 2.62 bits per heavy atom. The number of hydrogen-bond donors (Lipinski definition) is 2. The molecule has 0 unspecified atom stereocenters. The zero-order valence-electron chi connectivity index (χ0n) is 9.65. The third-order valence-electron chi connectivity index (χ3n) is 1.97. The summed E-state index contributed by atoms with van der Waals surface area (Å²) in [5.41, 5.74) is -1.05. The topological polar surface area (TPSA) is 73.4 Å². The highest BCUT2D eigenvalue weighted by Crippen LogP contribution is 2.05. The Balaban J connectivity index is 2.83. The molecule has 0 aliphatic heterocycles. The van der Waals surface area contributed by atoms with Crippen LogP contribution in [0.5, 0.6) is 0 Å². The van der Waals surface area contributed by atoms with Crippen LogP contribution < -0.4 is 5.56 Å². The third kappa shape index (κ3) is 3.51. The number of likely N-dealkylation sites (N-methyl/N-ethyl adjacent to an activating group) is 1. The quantitative estimate of drug-likeness (QED) is 0.771. The van der Waals surface area contributed by atoms with Gasteiger partial charge in [0, 0.05) is 19.7 Å². The fourth-order valence-electron chi connectivity index (χ4n) is 1.43. The molecule has 2 N–H and O–H groups in total. The van der Waals surface area contributed by atoms with E-state index < -0.39 is 5.60 Å². The minimum atomic E-state index is -0.959. The summed E-state index contributed by atoms with van der Waals surface area (Å²) in [5, 5.41) is 9.57. The van der Waals surface area contributed by atoms with Gasteiger partial charge in [0.15, 0.2) is 0 Å². The first-order chi connectivity index (χ1) is 7.29. The summed E-state index contributed by atoms with van der Waals surface area (Å²) in [6.07, 6.45) is 0. The molecule has 16 heavy (non-hydrogen) atoms. The molecule has 1 heterocycles. The Morgan fingerprint density at radius 1 is 1.50 bits per heavy atom. The normalized spacial score (nSPS) is 11.2. The number of rotatable bonds is 3. The van der Waals surface area contributed by atoms with E-state index >= 15 is 0 Å². The molecule has 0 saturated carbocycles. The second kappa shape index (κ2) is 4.49. The Kier molecular flexibility index (Phi) is 3.49. The second-order valence-electron chi connectivity index (χ2n) is 4.40. The highest BCUT2D eigenvalue weighted by molar-refractivity contribution is 5.92. The molecule has 1 aromatic heterocycles. The zero-order valence-corrected chi connectivity index (χ0v) is 9.65. The van der Waals surface area contributed by atoms with Crippen LogP contribution in [0.1, 0.15) is 24.3 Å². The number of nitrogens with one attached hydrogen (secondary N) is 1. The maximum atomic E-state index is 11.8. The SMILES string of the molecule is CN(CC(C)(C)O)C(=O)c1cccc(=O)[nH]1. The highest BCUT2D eigenvalue weighted by atomic mass is 16.3. The number of aliphatic hydroxyl groups is 1. The van der Waals surface area contributed by atoms with Gasteiger partial charge in [-0.25, -0.2) is 0 Å². The Hall–Kier alpha value is -1.62. The van der Waals surface area contributed by atoms with Gasteiger partial charge in [-0.1, -0.05) is 6.07 Å². The molecule has 0 bridgehead atoms. The lowest BCUT2D eigenvalue weighted by Gasteiger charge is -2.25. The number of aromatic amines is 1. The largest absolute Gasteiger partial charge is 0.389 e. The summed E-state index contributed by atoms with van der Waals surface area (Å²) >= 11 is 0. The van der Waals surface area contributed by atoms with Crippen LogP contribution in [0, 0.1) is 0 Å². The van der Waals surface area contributed by atoms with E-state index in [2.05, 4.69) is 4.98 Å². The van der Waals surface area contributed by atoms with Crippen molar-refractivity contribution in [3.05, 3.63) is 34.2 Å². The van der Waals surface area contributed by atoms with Gasteiger partial charge in [-0.15, -0.1) is 0 Å². The van der Waals surface area contributed by atoms with Crippen molar-refractivity contribution in [3.63, 3.8) is 0 Å². The Bertz CT molecular complexity index is 431. The highest BCUT2D eigenvalue weighted by Gasteiger charge is 2.20. The average Bonchev–Trinajstić information content (AvgIpc) is 2.14. The summed E-state index contributed by atoms with van der Waals surface area (Å²) < 4.78 is 0. The number of aromatic nitrogens is 1. The molecule has 5 nitrogen and oxygen atoms in total. The van der Waals surface area contributed by atoms with Gasteiger partial charge >= 0.3 is 0 Å². The lowest BCUT2D eigenvalue weighted by Crippen LogP contribution is -2.40.